The van der Waals surface area contributed by atoms with Crippen molar-refractivity contribution in [2.45, 2.75) is 4.90 Å². The third kappa shape index (κ3) is 4.61. The number of hydrogen-bond acceptors (Lipinski definition) is 4. The molecule has 1 unspecified atom stereocenters. The maximum atomic E-state index is 12.8. The molecule has 0 fully saturated rings. The van der Waals surface area contributed by atoms with E-state index in [9.17, 15) is 14.5 Å². The quantitative estimate of drug-likeness (QED) is 0.604. The summed E-state index contributed by atoms with van der Waals surface area (Å²) in [7, 11) is 0. The summed E-state index contributed by atoms with van der Waals surface area (Å²) in [5.74, 6) is -1.00. The summed E-state index contributed by atoms with van der Waals surface area (Å²) in [6.45, 7) is 0.152. The van der Waals surface area contributed by atoms with Crippen LogP contribution in [-0.2, 0) is 11.2 Å². The molecule has 0 aliphatic rings. The van der Waals surface area contributed by atoms with Crippen LogP contribution < -0.4 is 4.74 Å². The maximum Gasteiger partial charge on any atom is 0.339 e. The Hall–Kier alpha value is -2.96. The van der Waals surface area contributed by atoms with Crippen molar-refractivity contribution in [1.29, 1.82) is 0 Å². The van der Waals surface area contributed by atoms with Crippen molar-refractivity contribution >= 4 is 17.1 Å². The Morgan fingerprint density at radius 1 is 1.00 bits per heavy atom. The van der Waals surface area contributed by atoms with E-state index in [0.29, 0.717) is 5.75 Å². The summed E-state index contributed by atoms with van der Waals surface area (Å²) in [4.78, 5) is 11.8. The molecule has 0 aromatic heterocycles. The van der Waals surface area contributed by atoms with Crippen LogP contribution in [0.15, 0.2) is 77.7 Å². The third-order valence-electron chi connectivity index (χ3n) is 3.95. The minimum Gasteiger partial charge on any atom is -0.611 e. The van der Waals surface area contributed by atoms with Gasteiger partial charge in [0.15, 0.2) is 4.90 Å². The lowest BCUT2D eigenvalue weighted by atomic mass is 10.1. The Balaban J connectivity index is 1.68. The first-order chi connectivity index (χ1) is 13.1. The van der Waals surface area contributed by atoms with Crippen LogP contribution in [0.4, 0.5) is 0 Å². The van der Waals surface area contributed by atoms with Gasteiger partial charge in [0.25, 0.3) is 0 Å². The van der Waals surface area contributed by atoms with Gasteiger partial charge in [-0.25, -0.2) is 4.79 Å². The molecule has 6 heteroatoms. The van der Waals surface area contributed by atoms with E-state index in [2.05, 4.69) is 0 Å². The lowest BCUT2D eigenvalue weighted by Crippen LogP contribution is -2.15. The molecule has 0 spiro atoms. The molecule has 0 amide bonds. The van der Waals surface area contributed by atoms with Crippen molar-refractivity contribution < 1.29 is 24.3 Å². The second-order valence-corrected chi connectivity index (χ2v) is 7.28. The lowest BCUT2D eigenvalue weighted by molar-refractivity contribution is 0.0693. The number of aromatic hydroxyl groups is 1. The molecule has 0 aliphatic heterocycles. The Morgan fingerprint density at radius 3 is 2.44 bits per heavy atom. The molecule has 3 aromatic carbocycles. The SMILES string of the molecule is O=C(O)c1cc(OCC[S+]([O-])c2ccccc2-c2ccccc2)ccc1O. The van der Waals surface area contributed by atoms with Crippen molar-refractivity contribution in [3.63, 3.8) is 0 Å². The molecule has 138 valence electrons. The molecule has 27 heavy (non-hydrogen) atoms. The van der Waals surface area contributed by atoms with Crippen molar-refractivity contribution in [3.8, 4) is 22.6 Å². The summed E-state index contributed by atoms with van der Waals surface area (Å²) < 4.78 is 18.3. The maximum absolute atomic E-state index is 12.8. The predicted molar refractivity (Wildman–Crippen MR) is 104 cm³/mol. The molecule has 0 radical (unpaired) electrons. The van der Waals surface area contributed by atoms with Crippen molar-refractivity contribution in [2.75, 3.05) is 12.4 Å². The van der Waals surface area contributed by atoms with Gasteiger partial charge < -0.3 is 19.5 Å². The molecular formula is C21H18O5S. The van der Waals surface area contributed by atoms with Gasteiger partial charge >= 0.3 is 5.97 Å². The summed E-state index contributed by atoms with van der Waals surface area (Å²) in [5.41, 5.74) is 1.67. The van der Waals surface area contributed by atoms with Gasteiger partial charge in [-0.05, 0) is 47.1 Å². The summed E-state index contributed by atoms with van der Waals surface area (Å²) in [6.07, 6.45) is 0. The average Bonchev–Trinajstić information content (AvgIpc) is 2.69. The fourth-order valence-corrected chi connectivity index (χ4v) is 3.76. The van der Waals surface area contributed by atoms with Crippen LogP contribution in [-0.4, -0.2) is 33.1 Å². The van der Waals surface area contributed by atoms with Crippen LogP contribution in [0.25, 0.3) is 11.1 Å². The number of carboxylic acid groups (broad SMARTS) is 1. The summed E-state index contributed by atoms with van der Waals surface area (Å²) in [6, 6.07) is 21.2. The van der Waals surface area contributed by atoms with E-state index in [1.807, 2.05) is 54.6 Å². The monoisotopic (exact) mass is 382 g/mol. The van der Waals surface area contributed by atoms with Crippen LogP contribution >= 0.6 is 0 Å². The van der Waals surface area contributed by atoms with E-state index in [-0.39, 0.29) is 23.7 Å². The first-order valence-corrected chi connectivity index (χ1v) is 9.60. The molecule has 0 bridgehead atoms. The molecule has 1 atom stereocenters. The molecule has 3 rings (SSSR count). The number of carboxylic acids is 1. The molecular weight excluding hydrogens is 364 g/mol. The first-order valence-electron chi connectivity index (χ1n) is 8.28. The number of hydrogen-bond donors (Lipinski definition) is 2. The number of phenols is 1. The topological polar surface area (TPSA) is 89.8 Å². The van der Waals surface area contributed by atoms with Crippen LogP contribution in [0.1, 0.15) is 10.4 Å². The highest BCUT2D eigenvalue weighted by Gasteiger charge is 2.17. The number of carbonyl (C=O) groups is 1. The molecule has 0 saturated carbocycles. The van der Waals surface area contributed by atoms with Crippen LogP contribution in [0.3, 0.4) is 0 Å². The van der Waals surface area contributed by atoms with Gasteiger partial charge in [0.1, 0.15) is 29.4 Å². The number of ether oxygens (including phenoxy) is 1. The third-order valence-corrected chi connectivity index (χ3v) is 5.34. The molecule has 0 aliphatic carbocycles. The standard InChI is InChI=1S/C21H18O5S/c22-19-11-10-16(14-18(19)21(23)24)26-12-13-27(25)20-9-5-4-8-17(20)15-6-2-1-3-7-15/h1-11,14,22H,12-13H2,(H,23,24). The number of benzene rings is 3. The fraction of sp³-hybridized carbons (Fsp3) is 0.0952. The van der Waals surface area contributed by atoms with Gasteiger partial charge in [0.05, 0.1) is 0 Å². The van der Waals surface area contributed by atoms with Gasteiger partial charge in [-0.3, -0.25) is 0 Å². The summed E-state index contributed by atoms with van der Waals surface area (Å²) >= 11 is -1.28. The minimum absolute atomic E-state index is 0.152. The van der Waals surface area contributed by atoms with Crippen molar-refractivity contribution in [3.05, 3.63) is 78.4 Å². The molecule has 5 nitrogen and oxygen atoms in total. The molecule has 3 aromatic rings. The molecule has 0 saturated heterocycles. The molecule has 2 N–H and O–H groups in total. The van der Waals surface area contributed by atoms with Gasteiger partial charge in [-0.15, -0.1) is 0 Å². The Labute approximate surface area is 160 Å². The van der Waals surface area contributed by atoms with Gasteiger partial charge in [-0.2, -0.15) is 0 Å². The van der Waals surface area contributed by atoms with E-state index in [0.717, 1.165) is 16.0 Å². The average molecular weight is 382 g/mol. The Bertz CT molecular complexity index is 927. The van der Waals surface area contributed by atoms with E-state index in [1.54, 1.807) is 0 Å². The smallest absolute Gasteiger partial charge is 0.339 e. The highest BCUT2D eigenvalue weighted by atomic mass is 32.2. The van der Waals surface area contributed by atoms with Gasteiger partial charge in [0, 0.05) is 5.56 Å². The van der Waals surface area contributed by atoms with E-state index in [1.165, 1.54) is 18.2 Å². The normalized spacial score (nSPS) is 11.7. The zero-order chi connectivity index (χ0) is 19.2. The zero-order valence-electron chi connectivity index (χ0n) is 14.4. The van der Waals surface area contributed by atoms with E-state index >= 15 is 0 Å². The van der Waals surface area contributed by atoms with Crippen molar-refractivity contribution in [1.82, 2.24) is 0 Å². The van der Waals surface area contributed by atoms with Crippen molar-refractivity contribution in [2.24, 2.45) is 0 Å². The largest absolute Gasteiger partial charge is 0.611 e. The second kappa shape index (κ2) is 8.62. The Morgan fingerprint density at radius 2 is 1.70 bits per heavy atom. The highest BCUT2D eigenvalue weighted by molar-refractivity contribution is 7.91. The minimum atomic E-state index is -1.28. The Kier molecular flexibility index (Phi) is 6.01. The van der Waals surface area contributed by atoms with Gasteiger partial charge in [-0.1, -0.05) is 42.5 Å². The lowest BCUT2D eigenvalue weighted by Gasteiger charge is -2.15. The second-order valence-electron chi connectivity index (χ2n) is 5.74. The van der Waals surface area contributed by atoms with Crippen LogP contribution in [0.5, 0.6) is 11.5 Å². The van der Waals surface area contributed by atoms with Gasteiger partial charge in [0.2, 0.25) is 0 Å². The number of aromatic carboxylic acids is 1. The predicted octanol–water partition coefficient (Wildman–Crippen LogP) is 3.94. The number of rotatable bonds is 7. The van der Waals surface area contributed by atoms with E-state index < -0.39 is 17.1 Å². The molecule has 0 heterocycles. The fourth-order valence-electron chi connectivity index (χ4n) is 2.64. The van der Waals surface area contributed by atoms with E-state index in [4.69, 9.17) is 9.84 Å². The van der Waals surface area contributed by atoms with Crippen LogP contribution in [0, 0.1) is 0 Å². The summed E-state index contributed by atoms with van der Waals surface area (Å²) in [5, 5.41) is 18.5. The highest BCUT2D eigenvalue weighted by Crippen LogP contribution is 2.28. The van der Waals surface area contributed by atoms with Crippen LogP contribution in [0.2, 0.25) is 0 Å². The zero-order valence-corrected chi connectivity index (χ0v) is 15.2. The first kappa shape index (κ1) is 18.8.